The van der Waals surface area contributed by atoms with Crippen molar-refractivity contribution >= 4 is 23.0 Å². The Hall–Kier alpha value is -3.35. The van der Waals surface area contributed by atoms with E-state index in [2.05, 4.69) is 15.4 Å². The van der Waals surface area contributed by atoms with Gasteiger partial charge in [-0.3, -0.25) is 5.01 Å². The van der Waals surface area contributed by atoms with Gasteiger partial charge in [0.05, 0.1) is 32.5 Å². The number of ether oxygens (including phenoxy) is 2. The van der Waals surface area contributed by atoms with Crippen LogP contribution in [-0.2, 0) is 12.1 Å². The number of halogens is 2. The first kappa shape index (κ1) is 24.3. The molecule has 2 atom stereocenters. The van der Waals surface area contributed by atoms with E-state index in [-0.39, 0.29) is 17.2 Å². The fraction of sp³-hybridized carbons (Fsp3) is 0.286. The van der Waals surface area contributed by atoms with E-state index in [1.807, 2.05) is 0 Å². The van der Waals surface area contributed by atoms with Crippen LogP contribution >= 0.6 is 12.2 Å². The van der Waals surface area contributed by atoms with Crippen molar-refractivity contribution in [2.75, 3.05) is 19.5 Å². The predicted molar refractivity (Wildman–Crippen MR) is 122 cm³/mol. The third-order valence-corrected chi connectivity index (χ3v) is 5.57. The van der Waals surface area contributed by atoms with Crippen molar-refractivity contribution in [1.29, 1.82) is 0 Å². The standard InChI is InChI=1S/C21H24F2N6O3S/c1-13(29(24)20(33)27-18-7-5-15(31-2)9-19(18)32-3)21(30,10-28-12-25-11-26-28)16-6-4-14(22)8-17(16)23/h4-9,11-13,30H,10,24H2,1-3H3,(H,27,33). The molecule has 12 heteroatoms. The highest BCUT2D eigenvalue weighted by atomic mass is 32.1. The van der Waals surface area contributed by atoms with Crippen LogP contribution in [0, 0.1) is 11.6 Å². The van der Waals surface area contributed by atoms with E-state index >= 15 is 0 Å². The number of anilines is 1. The average molecular weight is 479 g/mol. The number of aromatic nitrogens is 3. The second-order valence-corrected chi connectivity index (χ2v) is 7.61. The SMILES string of the molecule is COc1ccc(NC(=S)N(N)C(C)C(O)(Cn2cncn2)c2ccc(F)cc2F)c(OC)c1. The molecule has 0 aliphatic carbocycles. The van der Waals surface area contributed by atoms with Crippen LogP contribution in [0.15, 0.2) is 49.1 Å². The number of thiocarbonyl (C=S) groups is 1. The molecule has 1 heterocycles. The molecule has 0 radical (unpaired) electrons. The molecule has 0 bridgehead atoms. The molecule has 176 valence electrons. The zero-order chi connectivity index (χ0) is 24.2. The number of nitrogens with two attached hydrogens (primary N) is 1. The Morgan fingerprint density at radius 2 is 2.03 bits per heavy atom. The van der Waals surface area contributed by atoms with Crippen molar-refractivity contribution in [2.45, 2.75) is 25.1 Å². The van der Waals surface area contributed by atoms with Crippen LogP contribution in [0.25, 0.3) is 0 Å². The van der Waals surface area contributed by atoms with E-state index in [4.69, 9.17) is 27.5 Å². The molecule has 9 nitrogen and oxygen atoms in total. The van der Waals surface area contributed by atoms with Crippen LogP contribution in [0.2, 0.25) is 0 Å². The molecule has 0 fully saturated rings. The number of aliphatic hydroxyl groups is 1. The maximum Gasteiger partial charge on any atom is 0.188 e. The van der Waals surface area contributed by atoms with Gasteiger partial charge >= 0.3 is 0 Å². The summed E-state index contributed by atoms with van der Waals surface area (Å²) >= 11 is 5.43. The lowest BCUT2D eigenvalue weighted by Gasteiger charge is -2.40. The van der Waals surface area contributed by atoms with Gasteiger partial charge in [0.1, 0.15) is 41.4 Å². The summed E-state index contributed by atoms with van der Waals surface area (Å²) in [5.74, 6) is 5.56. The Balaban J connectivity index is 1.92. The van der Waals surface area contributed by atoms with Gasteiger partial charge in [-0.05, 0) is 37.3 Å². The summed E-state index contributed by atoms with van der Waals surface area (Å²) < 4.78 is 40.1. The molecule has 0 aliphatic heterocycles. The van der Waals surface area contributed by atoms with Crippen molar-refractivity contribution < 1.29 is 23.4 Å². The molecular formula is C21H24F2N6O3S. The zero-order valence-corrected chi connectivity index (χ0v) is 19.0. The van der Waals surface area contributed by atoms with Gasteiger partial charge in [0.25, 0.3) is 0 Å². The van der Waals surface area contributed by atoms with Gasteiger partial charge in [-0.25, -0.2) is 24.3 Å². The smallest absolute Gasteiger partial charge is 0.188 e. The van der Waals surface area contributed by atoms with Crippen LogP contribution < -0.4 is 20.6 Å². The summed E-state index contributed by atoms with van der Waals surface area (Å²) in [6.45, 7) is 1.33. The van der Waals surface area contributed by atoms with Crippen molar-refractivity contribution in [3.05, 3.63) is 66.3 Å². The first-order chi connectivity index (χ1) is 15.7. The third-order valence-electron chi connectivity index (χ3n) is 5.26. The molecule has 0 saturated heterocycles. The van der Waals surface area contributed by atoms with Crippen LogP contribution in [0.1, 0.15) is 12.5 Å². The third kappa shape index (κ3) is 5.18. The number of hydrogen-bond donors (Lipinski definition) is 3. The number of hydrogen-bond acceptors (Lipinski definition) is 7. The van der Waals surface area contributed by atoms with Gasteiger partial charge in [0.15, 0.2) is 5.11 Å². The van der Waals surface area contributed by atoms with Crippen LogP contribution in [0.5, 0.6) is 11.5 Å². The summed E-state index contributed by atoms with van der Waals surface area (Å²) in [7, 11) is 3.01. The second-order valence-electron chi connectivity index (χ2n) is 7.22. The highest BCUT2D eigenvalue weighted by molar-refractivity contribution is 7.80. The number of nitrogens with one attached hydrogen (secondary N) is 1. The molecule has 2 aromatic carbocycles. The normalized spacial score (nSPS) is 13.7. The van der Waals surface area contributed by atoms with Gasteiger partial charge in [-0.1, -0.05) is 6.07 Å². The van der Waals surface area contributed by atoms with Crippen LogP contribution in [0.4, 0.5) is 14.5 Å². The number of benzene rings is 2. The lowest BCUT2D eigenvalue weighted by molar-refractivity contribution is -0.0457. The Bertz CT molecular complexity index is 1120. The molecule has 2 unspecified atom stereocenters. The zero-order valence-electron chi connectivity index (χ0n) is 18.2. The maximum atomic E-state index is 14.7. The van der Waals surface area contributed by atoms with Crippen molar-refractivity contribution in [3.8, 4) is 11.5 Å². The van der Waals surface area contributed by atoms with Crippen LogP contribution in [-0.4, -0.2) is 50.3 Å². The van der Waals surface area contributed by atoms with E-state index < -0.39 is 23.3 Å². The molecule has 0 amide bonds. The molecular weight excluding hydrogens is 454 g/mol. The van der Waals surface area contributed by atoms with Gasteiger partial charge in [0, 0.05) is 17.7 Å². The Labute approximate surface area is 194 Å². The molecule has 3 aromatic rings. The molecule has 0 spiro atoms. The molecule has 3 rings (SSSR count). The quantitative estimate of drug-likeness (QED) is 0.255. The maximum absolute atomic E-state index is 14.7. The highest BCUT2D eigenvalue weighted by Crippen LogP contribution is 2.33. The van der Waals surface area contributed by atoms with Crippen molar-refractivity contribution in [1.82, 2.24) is 19.8 Å². The van der Waals surface area contributed by atoms with Gasteiger partial charge < -0.3 is 19.9 Å². The number of methoxy groups -OCH3 is 2. The van der Waals surface area contributed by atoms with Gasteiger partial charge in [0.2, 0.25) is 0 Å². The van der Waals surface area contributed by atoms with Crippen LogP contribution in [0.3, 0.4) is 0 Å². The molecule has 1 aromatic heterocycles. The summed E-state index contributed by atoms with van der Waals surface area (Å²) in [6.07, 6.45) is 2.63. The number of hydrazine groups is 1. The minimum Gasteiger partial charge on any atom is -0.497 e. The summed E-state index contributed by atoms with van der Waals surface area (Å²) in [6, 6.07) is 6.95. The lowest BCUT2D eigenvalue weighted by atomic mass is 9.86. The molecule has 0 aliphatic rings. The average Bonchev–Trinajstić information content (AvgIpc) is 3.30. The Morgan fingerprint density at radius 1 is 1.27 bits per heavy atom. The fourth-order valence-electron chi connectivity index (χ4n) is 3.33. The largest absolute Gasteiger partial charge is 0.497 e. The van der Waals surface area contributed by atoms with Crippen molar-refractivity contribution in [2.24, 2.45) is 5.84 Å². The lowest BCUT2D eigenvalue weighted by Crippen LogP contribution is -2.57. The van der Waals surface area contributed by atoms with E-state index in [0.29, 0.717) is 23.3 Å². The van der Waals surface area contributed by atoms with E-state index in [9.17, 15) is 13.9 Å². The van der Waals surface area contributed by atoms with Gasteiger partial charge in [-0.15, -0.1) is 0 Å². The van der Waals surface area contributed by atoms with Crippen molar-refractivity contribution in [3.63, 3.8) is 0 Å². The van der Waals surface area contributed by atoms with Gasteiger partial charge in [-0.2, -0.15) is 5.10 Å². The molecule has 4 N–H and O–H groups in total. The Morgan fingerprint density at radius 3 is 2.64 bits per heavy atom. The van der Waals surface area contributed by atoms with E-state index in [0.717, 1.165) is 17.1 Å². The second kappa shape index (κ2) is 10.1. The summed E-state index contributed by atoms with van der Waals surface area (Å²) in [5.41, 5.74) is -1.64. The Kier molecular flexibility index (Phi) is 7.41. The summed E-state index contributed by atoms with van der Waals surface area (Å²) in [4.78, 5) is 3.84. The minimum absolute atomic E-state index is 0.0190. The highest BCUT2D eigenvalue weighted by Gasteiger charge is 2.42. The number of nitrogens with zero attached hydrogens (tertiary/aromatic N) is 4. The first-order valence-corrected chi connectivity index (χ1v) is 10.2. The molecule has 0 saturated carbocycles. The predicted octanol–water partition coefficient (Wildman–Crippen LogP) is 2.42. The molecule has 33 heavy (non-hydrogen) atoms. The number of rotatable bonds is 8. The topological polar surface area (TPSA) is 111 Å². The van der Waals surface area contributed by atoms with E-state index in [1.54, 1.807) is 25.1 Å². The van der Waals surface area contributed by atoms with E-state index in [1.165, 1.54) is 31.6 Å². The minimum atomic E-state index is -1.96. The fourth-order valence-corrected chi connectivity index (χ4v) is 3.60. The summed E-state index contributed by atoms with van der Waals surface area (Å²) in [5, 5.41) is 19.7. The monoisotopic (exact) mass is 478 g/mol. The first-order valence-electron chi connectivity index (χ1n) is 9.77.